The number of carbonyl (C=O) groups is 1. The van der Waals surface area contributed by atoms with E-state index in [4.69, 9.17) is 5.11 Å². The van der Waals surface area contributed by atoms with Crippen LogP contribution in [0.2, 0.25) is 0 Å². The lowest BCUT2D eigenvalue weighted by molar-refractivity contribution is -0.141. The maximum Gasteiger partial charge on any atom is 0.307 e. The average Bonchev–Trinajstić information content (AvgIpc) is 2.17. The molecule has 0 amide bonds. The van der Waals surface area contributed by atoms with Crippen molar-refractivity contribution < 1.29 is 15.0 Å². The molecule has 0 bridgehead atoms. The molecule has 2 N–H and O–H groups in total. The van der Waals surface area contributed by atoms with Crippen LogP contribution in [0.25, 0.3) is 0 Å². The smallest absolute Gasteiger partial charge is 0.307 e. The number of phenolic OH excluding ortho intramolecular Hbond substituents is 1. The van der Waals surface area contributed by atoms with Gasteiger partial charge < -0.3 is 10.2 Å². The summed E-state index contributed by atoms with van der Waals surface area (Å²) in [6.07, 6.45) is 0. The van der Waals surface area contributed by atoms with Gasteiger partial charge in [0.1, 0.15) is 5.75 Å². The van der Waals surface area contributed by atoms with Gasteiger partial charge in [-0.05, 0) is 24.6 Å². The fraction of sp³-hybridized carbons (Fsp3) is 0.308. The second kappa shape index (κ2) is 4.84. The molecule has 0 aliphatic heterocycles. The molecule has 0 saturated heterocycles. The Morgan fingerprint density at radius 2 is 2.06 bits per heavy atom. The Morgan fingerprint density at radius 3 is 2.50 bits per heavy atom. The van der Waals surface area contributed by atoms with E-state index in [1.807, 2.05) is 0 Å². The molecule has 1 aromatic carbocycles. The standard InChI is InChI=1S/C13H16O3/c1-8(2)12(9(3)13(15)16)10-5-4-6-11(14)7-10/h4-7,9,12,14H,1H2,2-3H3,(H,15,16)/t9?,12-/m0/s1. The van der Waals surface area contributed by atoms with Crippen LogP contribution in [-0.2, 0) is 4.79 Å². The van der Waals surface area contributed by atoms with Crippen molar-refractivity contribution in [2.75, 3.05) is 0 Å². The number of allylic oxidation sites excluding steroid dienone is 1. The molecule has 16 heavy (non-hydrogen) atoms. The molecule has 0 aliphatic carbocycles. The Morgan fingerprint density at radius 1 is 1.44 bits per heavy atom. The average molecular weight is 220 g/mol. The molecule has 0 aromatic heterocycles. The van der Waals surface area contributed by atoms with Gasteiger partial charge in [-0.25, -0.2) is 0 Å². The lowest BCUT2D eigenvalue weighted by Gasteiger charge is -2.21. The summed E-state index contributed by atoms with van der Waals surface area (Å²) in [5.41, 5.74) is 1.56. The van der Waals surface area contributed by atoms with Crippen molar-refractivity contribution in [3.63, 3.8) is 0 Å². The maximum absolute atomic E-state index is 11.0. The van der Waals surface area contributed by atoms with Gasteiger partial charge in [0.25, 0.3) is 0 Å². The highest BCUT2D eigenvalue weighted by Gasteiger charge is 2.25. The number of benzene rings is 1. The molecule has 1 unspecified atom stereocenters. The summed E-state index contributed by atoms with van der Waals surface area (Å²) in [7, 11) is 0. The molecule has 86 valence electrons. The van der Waals surface area contributed by atoms with E-state index in [2.05, 4.69) is 6.58 Å². The van der Waals surface area contributed by atoms with Crippen molar-refractivity contribution in [1.29, 1.82) is 0 Å². The monoisotopic (exact) mass is 220 g/mol. The minimum Gasteiger partial charge on any atom is -0.508 e. The molecule has 0 spiro atoms. The number of hydrogen-bond donors (Lipinski definition) is 2. The molecule has 3 heteroatoms. The van der Waals surface area contributed by atoms with Gasteiger partial charge in [0.15, 0.2) is 0 Å². The zero-order valence-corrected chi connectivity index (χ0v) is 9.47. The van der Waals surface area contributed by atoms with Crippen molar-refractivity contribution in [1.82, 2.24) is 0 Å². The van der Waals surface area contributed by atoms with E-state index in [-0.39, 0.29) is 11.7 Å². The molecule has 0 fully saturated rings. The first kappa shape index (κ1) is 12.3. The Balaban J connectivity index is 3.12. The van der Waals surface area contributed by atoms with E-state index in [1.54, 1.807) is 38.1 Å². The molecule has 1 aromatic rings. The van der Waals surface area contributed by atoms with Crippen LogP contribution in [-0.4, -0.2) is 16.2 Å². The predicted molar refractivity (Wildman–Crippen MR) is 62.5 cm³/mol. The number of carboxylic acid groups (broad SMARTS) is 1. The van der Waals surface area contributed by atoms with Crippen LogP contribution in [0.3, 0.4) is 0 Å². The third-order valence-corrected chi connectivity index (χ3v) is 2.65. The van der Waals surface area contributed by atoms with Crippen molar-refractivity contribution in [3.05, 3.63) is 42.0 Å². The summed E-state index contributed by atoms with van der Waals surface area (Å²) in [5.74, 6) is -1.55. The first-order chi connectivity index (χ1) is 7.43. The van der Waals surface area contributed by atoms with Gasteiger partial charge in [-0.3, -0.25) is 4.79 Å². The summed E-state index contributed by atoms with van der Waals surface area (Å²) in [6, 6.07) is 6.65. The summed E-state index contributed by atoms with van der Waals surface area (Å²) in [6.45, 7) is 7.26. The second-order valence-corrected chi connectivity index (χ2v) is 4.05. The molecule has 1 rings (SSSR count). The molecule has 0 heterocycles. The fourth-order valence-electron chi connectivity index (χ4n) is 1.86. The van der Waals surface area contributed by atoms with E-state index in [0.717, 1.165) is 11.1 Å². The first-order valence-corrected chi connectivity index (χ1v) is 5.10. The molecule has 0 saturated carbocycles. The molecule has 0 aliphatic rings. The number of hydrogen-bond acceptors (Lipinski definition) is 2. The third kappa shape index (κ3) is 2.63. The van der Waals surface area contributed by atoms with Crippen LogP contribution in [0, 0.1) is 5.92 Å². The lowest BCUT2D eigenvalue weighted by Crippen LogP contribution is -2.19. The number of aromatic hydroxyl groups is 1. The van der Waals surface area contributed by atoms with E-state index in [9.17, 15) is 9.90 Å². The zero-order valence-electron chi connectivity index (χ0n) is 9.47. The van der Waals surface area contributed by atoms with Gasteiger partial charge in [-0.15, -0.1) is 0 Å². The van der Waals surface area contributed by atoms with E-state index in [1.165, 1.54) is 0 Å². The number of aliphatic carboxylic acids is 1. The van der Waals surface area contributed by atoms with E-state index >= 15 is 0 Å². The Labute approximate surface area is 95.0 Å². The summed E-state index contributed by atoms with van der Waals surface area (Å²) in [4.78, 5) is 11.0. The Bertz CT molecular complexity index is 409. The number of phenols is 1. The maximum atomic E-state index is 11.0. The summed E-state index contributed by atoms with van der Waals surface area (Å²) < 4.78 is 0. The van der Waals surface area contributed by atoms with Crippen LogP contribution in [0.1, 0.15) is 25.3 Å². The minimum atomic E-state index is -0.864. The normalized spacial score (nSPS) is 14.1. The van der Waals surface area contributed by atoms with E-state index in [0.29, 0.717) is 0 Å². The molecule has 3 nitrogen and oxygen atoms in total. The van der Waals surface area contributed by atoms with Gasteiger partial charge in [0, 0.05) is 5.92 Å². The molecule has 2 atom stereocenters. The van der Waals surface area contributed by atoms with Crippen molar-refractivity contribution in [3.8, 4) is 5.75 Å². The van der Waals surface area contributed by atoms with Crippen molar-refractivity contribution >= 4 is 5.97 Å². The summed E-state index contributed by atoms with van der Waals surface area (Å²) in [5, 5.41) is 18.4. The minimum absolute atomic E-state index is 0.140. The van der Waals surface area contributed by atoms with Crippen LogP contribution >= 0.6 is 0 Å². The molecular formula is C13H16O3. The molecule has 0 radical (unpaired) electrons. The van der Waals surface area contributed by atoms with Crippen molar-refractivity contribution in [2.45, 2.75) is 19.8 Å². The highest BCUT2D eigenvalue weighted by molar-refractivity contribution is 5.71. The van der Waals surface area contributed by atoms with Gasteiger partial charge >= 0.3 is 5.97 Å². The third-order valence-electron chi connectivity index (χ3n) is 2.65. The van der Waals surface area contributed by atoms with Crippen molar-refractivity contribution in [2.24, 2.45) is 5.92 Å². The van der Waals surface area contributed by atoms with Crippen LogP contribution in [0.15, 0.2) is 36.4 Å². The number of carboxylic acids is 1. The Hall–Kier alpha value is -1.77. The van der Waals surface area contributed by atoms with E-state index < -0.39 is 11.9 Å². The SMILES string of the molecule is C=C(C)[C@H](c1cccc(O)c1)C(C)C(=O)O. The quantitative estimate of drug-likeness (QED) is 0.767. The highest BCUT2D eigenvalue weighted by atomic mass is 16.4. The second-order valence-electron chi connectivity index (χ2n) is 4.05. The van der Waals surface area contributed by atoms with Gasteiger partial charge in [0.2, 0.25) is 0 Å². The zero-order chi connectivity index (χ0) is 12.3. The van der Waals surface area contributed by atoms with Gasteiger partial charge in [-0.2, -0.15) is 0 Å². The number of rotatable bonds is 4. The van der Waals surface area contributed by atoms with Gasteiger partial charge in [0.05, 0.1) is 5.92 Å². The molecular weight excluding hydrogens is 204 g/mol. The van der Waals surface area contributed by atoms with Crippen LogP contribution in [0.4, 0.5) is 0 Å². The van der Waals surface area contributed by atoms with Crippen LogP contribution < -0.4 is 0 Å². The van der Waals surface area contributed by atoms with Gasteiger partial charge in [-0.1, -0.05) is 31.2 Å². The topological polar surface area (TPSA) is 57.5 Å². The Kier molecular flexibility index (Phi) is 3.72. The van der Waals surface area contributed by atoms with Crippen LogP contribution in [0.5, 0.6) is 5.75 Å². The lowest BCUT2D eigenvalue weighted by atomic mass is 9.82. The predicted octanol–water partition coefficient (Wildman–Crippen LogP) is 2.77. The first-order valence-electron chi connectivity index (χ1n) is 5.10. The highest BCUT2D eigenvalue weighted by Crippen LogP contribution is 2.32. The largest absolute Gasteiger partial charge is 0.508 e. The summed E-state index contributed by atoms with van der Waals surface area (Å²) >= 11 is 0. The fourth-order valence-corrected chi connectivity index (χ4v) is 1.86.